The van der Waals surface area contributed by atoms with Gasteiger partial charge in [-0.3, -0.25) is 0 Å². The average Bonchev–Trinajstić information content (AvgIpc) is 2.81. The van der Waals surface area contributed by atoms with Gasteiger partial charge < -0.3 is 14.6 Å². The quantitative estimate of drug-likeness (QED) is 0.878. The molecule has 1 aromatic carbocycles. The van der Waals surface area contributed by atoms with E-state index in [0.29, 0.717) is 18.3 Å². The highest BCUT2D eigenvalue weighted by atomic mass is 16.5. The summed E-state index contributed by atoms with van der Waals surface area (Å²) in [6.45, 7) is 4.42. The minimum atomic E-state index is 0.153. The molecule has 18 heavy (non-hydrogen) atoms. The molecule has 1 N–H and O–H groups in total. The van der Waals surface area contributed by atoms with Gasteiger partial charge in [-0.05, 0) is 13.0 Å². The van der Waals surface area contributed by atoms with Crippen LogP contribution in [0.4, 0.5) is 0 Å². The fourth-order valence-corrected chi connectivity index (χ4v) is 1.79. The number of aromatic nitrogens is 2. The van der Waals surface area contributed by atoms with Crippen LogP contribution in [0.5, 0.6) is 5.75 Å². The minimum Gasteiger partial charge on any atom is -0.496 e. The number of aryl methyl sites for hydroxylation is 1. The average molecular weight is 247 g/mol. The first-order chi connectivity index (χ1) is 8.70. The summed E-state index contributed by atoms with van der Waals surface area (Å²) in [4.78, 5) is 4.15. The Labute approximate surface area is 106 Å². The Morgan fingerprint density at radius 2 is 2.17 bits per heavy atom. The largest absolute Gasteiger partial charge is 0.496 e. The second kappa shape index (κ2) is 5.64. The van der Waals surface area contributed by atoms with Gasteiger partial charge in [-0.2, -0.15) is 4.98 Å². The lowest BCUT2D eigenvalue weighted by atomic mass is 10.1. The fourth-order valence-electron chi connectivity index (χ4n) is 1.79. The molecule has 0 saturated carbocycles. The highest BCUT2D eigenvalue weighted by Gasteiger charge is 2.11. The Hall–Kier alpha value is -1.88. The number of hydrogen-bond acceptors (Lipinski definition) is 5. The molecular weight excluding hydrogens is 230 g/mol. The van der Waals surface area contributed by atoms with E-state index in [-0.39, 0.29) is 6.04 Å². The van der Waals surface area contributed by atoms with E-state index in [1.807, 2.05) is 24.3 Å². The number of nitrogens with zero attached hydrogens (tertiary/aromatic N) is 2. The molecule has 0 spiro atoms. The van der Waals surface area contributed by atoms with Crippen LogP contribution in [0.25, 0.3) is 0 Å². The van der Waals surface area contributed by atoms with Crippen LogP contribution < -0.4 is 10.1 Å². The number of para-hydroxylation sites is 1. The number of nitrogens with one attached hydrogen (secondary N) is 1. The van der Waals surface area contributed by atoms with E-state index in [0.717, 1.165) is 11.3 Å². The van der Waals surface area contributed by atoms with Crippen molar-refractivity contribution in [3.8, 4) is 5.75 Å². The summed E-state index contributed by atoms with van der Waals surface area (Å²) in [5, 5.41) is 7.18. The Bertz CT molecular complexity index is 510. The number of hydrogen-bond donors (Lipinski definition) is 1. The van der Waals surface area contributed by atoms with Gasteiger partial charge in [0.05, 0.1) is 13.7 Å². The molecule has 2 rings (SSSR count). The second-order valence-corrected chi connectivity index (χ2v) is 4.07. The summed E-state index contributed by atoms with van der Waals surface area (Å²) in [5.74, 6) is 2.12. The molecular formula is C13H17N3O2. The number of ether oxygens (including phenoxy) is 1. The van der Waals surface area contributed by atoms with Crippen molar-refractivity contribution in [2.24, 2.45) is 0 Å². The van der Waals surface area contributed by atoms with Crippen LogP contribution in [0.15, 0.2) is 28.8 Å². The molecule has 1 heterocycles. The van der Waals surface area contributed by atoms with E-state index in [1.165, 1.54) is 0 Å². The Morgan fingerprint density at radius 3 is 2.83 bits per heavy atom. The van der Waals surface area contributed by atoms with Gasteiger partial charge in [-0.1, -0.05) is 23.4 Å². The summed E-state index contributed by atoms with van der Waals surface area (Å²) in [7, 11) is 1.67. The summed E-state index contributed by atoms with van der Waals surface area (Å²) < 4.78 is 10.3. The molecule has 1 aromatic heterocycles. The predicted molar refractivity (Wildman–Crippen MR) is 67.3 cm³/mol. The van der Waals surface area contributed by atoms with E-state index in [2.05, 4.69) is 22.4 Å². The SMILES string of the molecule is COc1ccccc1C(C)NCc1noc(C)n1. The van der Waals surface area contributed by atoms with Crippen LogP contribution >= 0.6 is 0 Å². The normalized spacial score (nSPS) is 12.4. The second-order valence-electron chi connectivity index (χ2n) is 4.07. The Morgan fingerprint density at radius 1 is 1.39 bits per heavy atom. The third-order valence-corrected chi connectivity index (χ3v) is 2.74. The van der Waals surface area contributed by atoms with Crippen molar-refractivity contribution >= 4 is 0 Å². The maximum absolute atomic E-state index is 5.33. The molecule has 5 heteroatoms. The fraction of sp³-hybridized carbons (Fsp3) is 0.385. The molecule has 0 fully saturated rings. The highest BCUT2D eigenvalue weighted by molar-refractivity contribution is 5.35. The van der Waals surface area contributed by atoms with Crippen molar-refractivity contribution in [1.29, 1.82) is 0 Å². The third-order valence-electron chi connectivity index (χ3n) is 2.74. The first kappa shape index (κ1) is 12.6. The molecule has 2 aromatic rings. The van der Waals surface area contributed by atoms with Crippen molar-refractivity contribution in [3.05, 3.63) is 41.5 Å². The lowest BCUT2D eigenvalue weighted by Gasteiger charge is -2.16. The van der Waals surface area contributed by atoms with Crippen molar-refractivity contribution in [2.75, 3.05) is 7.11 Å². The lowest BCUT2D eigenvalue weighted by Crippen LogP contribution is -2.19. The summed E-state index contributed by atoms with van der Waals surface area (Å²) in [6.07, 6.45) is 0. The van der Waals surface area contributed by atoms with Gasteiger partial charge in [0.1, 0.15) is 5.75 Å². The Balaban J connectivity index is 2.01. The van der Waals surface area contributed by atoms with E-state index < -0.39 is 0 Å². The molecule has 5 nitrogen and oxygen atoms in total. The van der Waals surface area contributed by atoms with Gasteiger partial charge in [0.15, 0.2) is 5.82 Å². The van der Waals surface area contributed by atoms with E-state index >= 15 is 0 Å². The van der Waals surface area contributed by atoms with Crippen molar-refractivity contribution in [1.82, 2.24) is 15.5 Å². The van der Waals surface area contributed by atoms with Gasteiger partial charge in [0.25, 0.3) is 0 Å². The van der Waals surface area contributed by atoms with Gasteiger partial charge in [-0.15, -0.1) is 0 Å². The zero-order valence-corrected chi connectivity index (χ0v) is 10.8. The Kier molecular flexibility index (Phi) is 3.94. The van der Waals surface area contributed by atoms with Gasteiger partial charge in [0.2, 0.25) is 5.89 Å². The smallest absolute Gasteiger partial charge is 0.223 e. The van der Waals surface area contributed by atoms with Crippen LogP contribution in [0, 0.1) is 6.92 Å². The molecule has 0 radical (unpaired) electrons. The standard InChI is InChI=1S/C13H17N3O2/c1-9(11-6-4-5-7-12(11)17-3)14-8-13-15-10(2)18-16-13/h4-7,9,14H,8H2,1-3H3. The van der Waals surface area contributed by atoms with Crippen molar-refractivity contribution in [2.45, 2.75) is 26.4 Å². The highest BCUT2D eigenvalue weighted by Crippen LogP contribution is 2.24. The van der Waals surface area contributed by atoms with E-state index in [4.69, 9.17) is 9.26 Å². The maximum Gasteiger partial charge on any atom is 0.223 e. The van der Waals surface area contributed by atoms with Crippen LogP contribution in [-0.4, -0.2) is 17.3 Å². The van der Waals surface area contributed by atoms with E-state index in [9.17, 15) is 0 Å². The zero-order valence-electron chi connectivity index (χ0n) is 10.8. The number of methoxy groups -OCH3 is 1. The number of rotatable bonds is 5. The zero-order chi connectivity index (χ0) is 13.0. The van der Waals surface area contributed by atoms with Crippen LogP contribution in [-0.2, 0) is 6.54 Å². The number of benzene rings is 1. The monoisotopic (exact) mass is 247 g/mol. The molecule has 1 atom stereocenters. The topological polar surface area (TPSA) is 60.2 Å². The molecule has 0 saturated heterocycles. The lowest BCUT2D eigenvalue weighted by molar-refractivity contribution is 0.382. The summed E-state index contributed by atoms with van der Waals surface area (Å²) in [6, 6.07) is 8.09. The summed E-state index contributed by atoms with van der Waals surface area (Å²) >= 11 is 0. The molecule has 0 bridgehead atoms. The molecule has 0 aliphatic rings. The van der Waals surface area contributed by atoms with Crippen molar-refractivity contribution < 1.29 is 9.26 Å². The van der Waals surface area contributed by atoms with Gasteiger partial charge >= 0.3 is 0 Å². The van der Waals surface area contributed by atoms with Crippen LogP contribution in [0.1, 0.15) is 30.2 Å². The van der Waals surface area contributed by atoms with Gasteiger partial charge in [-0.25, -0.2) is 0 Å². The van der Waals surface area contributed by atoms with Crippen molar-refractivity contribution in [3.63, 3.8) is 0 Å². The molecule has 0 aliphatic heterocycles. The third kappa shape index (κ3) is 2.87. The molecule has 0 aliphatic carbocycles. The maximum atomic E-state index is 5.33. The van der Waals surface area contributed by atoms with Gasteiger partial charge in [0, 0.05) is 18.5 Å². The first-order valence-electron chi connectivity index (χ1n) is 5.86. The summed E-state index contributed by atoms with van der Waals surface area (Å²) in [5.41, 5.74) is 1.11. The van der Waals surface area contributed by atoms with E-state index in [1.54, 1.807) is 14.0 Å². The van der Waals surface area contributed by atoms with Crippen LogP contribution in [0.2, 0.25) is 0 Å². The minimum absolute atomic E-state index is 0.153. The molecule has 0 amide bonds. The molecule has 96 valence electrons. The first-order valence-corrected chi connectivity index (χ1v) is 5.86. The molecule has 1 unspecified atom stereocenters. The predicted octanol–water partition coefficient (Wildman–Crippen LogP) is 2.24. The van der Waals surface area contributed by atoms with Crippen LogP contribution in [0.3, 0.4) is 0 Å².